The number of carbonyl (C=O) groups is 2. The van der Waals surface area contributed by atoms with Crippen molar-refractivity contribution < 1.29 is 14.0 Å². The van der Waals surface area contributed by atoms with Gasteiger partial charge in [-0.2, -0.15) is 0 Å². The Morgan fingerprint density at radius 1 is 1.04 bits per heavy atom. The minimum absolute atomic E-state index is 0.225. The highest BCUT2D eigenvalue weighted by molar-refractivity contribution is 6.31. The van der Waals surface area contributed by atoms with E-state index in [0.717, 1.165) is 11.6 Å². The number of nitrogens with one attached hydrogen (secondary N) is 1. The van der Waals surface area contributed by atoms with Crippen molar-refractivity contribution in [3.8, 4) is 0 Å². The monoisotopic (exact) mass is 329 g/mol. The minimum atomic E-state index is -0.612. The zero-order valence-corrected chi connectivity index (χ0v) is 12.8. The van der Waals surface area contributed by atoms with Gasteiger partial charge in [0.1, 0.15) is 5.82 Å². The Bertz CT molecular complexity index is 765. The molecular weight excluding hydrogens is 317 g/mol. The molecule has 0 aliphatic heterocycles. The van der Waals surface area contributed by atoms with Crippen LogP contribution in [-0.4, -0.2) is 11.8 Å². The Hall–Kier alpha value is -2.72. The fourth-order valence-corrected chi connectivity index (χ4v) is 1.99. The number of benzene rings is 2. The van der Waals surface area contributed by atoms with Gasteiger partial charge in [-0.3, -0.25) is 14.9 Å². The van der Waals surface area contributed by atoms with E-state index in [2.05, 4.69) is 11.9 Å². The van der Waals surface area contributed by atoms with E-state index in [1.54, 1.807) is 30.3 Å². The molecule has 0 spiro atoms. The Morgan fingerprint density at radius 3 is 2.22 bits per heavy atom. The smallest absolute Gasteiger partial charge is 0.258 e. The fraction of sp³-hybridized carbons (Fsp3) is 0. The summed E-state index contributed by atoms with van der Waals surface area (Å²) in [5.74, 6) is -1.63. The van der Waals surface area contributed by atoms with Crippen molar-refractivity contribution in [3.05, 3.63) is 83.2 Å². The molecule has 2 rings (SSSR count). The number of halogens is 2. The van der Waals surface area contributed by atoms with Gasteiger partial charge >= 0.3 is 0 Å². The number of hydrogen-bond acceptors (Lipinski definition) is 2. The normalized spacial score (nSPS) is 11.0. The Balaban J connectivity index is 2.43. The number of rotatable bonds is 4. The zero-order chi connectivity index (χ0) is 16.8. The van der Waals surface area contributed by atoms with Gasteiger partial charge < -0.3 is 0 Å². The lowest BCUT2D eigenvalue weighted by atomic mass is 10.0. The number of amides is 2. The third-order valence-electron chi connectivity index (χ3n) is 3.00. The summed E-state index contributed by atoms with van der Waals surface area (Å²) in [5.41, 5.74) is 1.42. The second-order valence-electron chi connectivity index (χ2n) is 4.64. The maximum atomic E-state index is 13.1. The largest absolute Gasteiger partial charge is 0.289 e. The highest BCUT2D eigenvalue weighted by Gasteiger charge is 2.14. The molecule has 1 N–H and O–H groups in total. The summed E-state index contributed by atoms with van der Waals surface area (Å²) in [7, 11) is 0. The molecule has 0 unspecified atom stereocenters. The molecule has 0 heterocycles. The van der Waals surface area contributed by atoms with E-state index in [4.69, 9.17) is 11.6 Å². The quantitative estimate of drug-likeness (QED) is 0.684. The minimum Gasteiger partial charge on any atom is -0.289 e. The zero-order valence-electron chi connectivity index (χ0n) is 12.1. The molecule has 0 aliphatic rings. The summed E-state index contributed by atoms with van der Waals surface area (Å²) in [6, 6.07) is 12.2. The summed E-state index contributed by atoms with van der Waals surface area (Å²) in [6.07, 6.45) is 2.59. The van der Waals surface area contributed by atoms with Crippen LogP contribution in [0.3, 0.4) is 0 Å². The maximum Gasteiger partial charge on any atom is 0.258 e. The Kier molecular flexibility index (Phi) is 5.44. The third-order valence-corrected chi connectivity index (χ3v) is 3.25. The van der Waals surface area contributed by atoms with Crippen LogP contribution in [0, 0.1) is 5.82 Å². The SMILES string of the molecule is C=CC(=O)NC(=O)/C(=C/c1ccc(Cl)cc1)c1ccc(F)cc1. The van der Waals surface area contributed by atoms with E-state index >= 15 is 0 Å². The first kappa shape index (κ1) is 16.6. The summed E-state index contributed by atoms with van der Waals surface area (Å²) in [5, 5.41) is 2.76. The first-order valence-electron chi connectivity index (χ1n) is 6.70. The average Bonchev–Trinajstić information content (AvgIpc) is 2.55. The van der Waals surface area contributed by atoms with Crippen molar-refractivity contribution in [1.29, 1.82) is 0 Å². The molecule has 23 heavy (non-hydrogen) atoms. The first-order valence-corrected chi connectivity index (χ1v) is 7.08. The highest BCUT2D eigenvalue weighted by Crippen LogP contribution is 2.20. The second-order valence-corrected chi connectivity index (χ2v) is 5.08. The van der Waals surface area contributed by atoms with Crippen molar-refractivity contribution >= 4 is 35.1 Å². The molecule has 2 aromatic carbocycles. The van der Waals surface area contributed by atoms with Gasteiger partial charge in [0.15, 0.2) is 0 Å². The van der Waals surface area contributed by atoms with E-state index in [1.165, 1.54) is 24.3 Å². The number of hydrogen-bond donors (Lipinski definition) is 1. The predicted octanol–water partition coefficient (Wildman–Crippen LogP) is 3.85. The van der Waals surface area contributed by atoms with Gasteiger partial charge in [0, 0.05) is 10.6 Å². The molecule has 116 valence electrons. The van der Waals surface area contributed by atoms with Gasteiger partial charge in [-0.1, -0.05) is 42.4 Å². The van der Waals surface area contributed by atoms with Crippen LogP contribution in [0.15, 0.2) is 61.2 Å². The lowest BCUT2D eigenvalue weighted by Crippen LogP contribution is -2.29. The molecule has 2 aromatic rings. The molecule has 0 bridgehead atoms. The fourth-order valence-electron chi connectivity index (χ4n) is 1.87. The van der Waals surface area contributed by atoms with Crippen LogP contribution in [0.2, 0.25) is 5.02 Å². The van der Waals surface area contributed by atoms with Crippen molar-refractivity contribution in [1.82, 2.24) is 5.32 Å². The summed E-state index contributed by atoms with van der Waals surface area (Å²) in [4.78, 5) is 23.7. The van der Waals surface area contributed by atoms with Gasteiger partial charge in [0.25, 0.3) is 5.91 Å². The standard InChI is InChI=1S/C18H13ClFNO2/c1-2-17(22)21-18(23)16(13-5-9-15(20)10-6-13)11-12-3-7-14(19)8-4-12/h2-11H,1H2,(H,21,22,23)/b16-11+. The van der Waals surface area contributed by atoms with Gasteiger partial charge in [-0.05, 0) is 47.5 Å². The second kappa shape index (κ2) is 7.51. The maximum absolute atomic E-state index is 13.1. The molecule has 0 saturated heterocycles. The van der Waals surface area contributed by atoms with Gasteiger partial charge in [-0.25, -0.2) is 4.39 Å². The molecule has 0 radical (unpaired) electrons. The third kappa shape index (κ3) is 4.63. The van der Waals surface area contributed by atoms with Crippen molar-refractivity contribution in [2.24, 2.45) is 0 Å². The van der Waals surface area contributed by atoms with Crippen LogP contribution < -0.4 is 5.32 Å². The van der Waals surface area contributed by atoms with Crippen LogP contribution in [0.5, 0.6) is 0 Å². The van der Waals surface area contributed by atoms with E-state index in [-0.39, 0.29) is 5.57 Å². The molecule has 2 amide bonds. The van der Waals surface area contributed by atoms with Crippen LogP contribution in [0.1, 0.15) is 11.1 Å². The molecule has 0 fully saturated rings. The number of carbonyl (C=O) groups excluding carboxylic acids is 2. The summed E-state index contributed by atoms with van der Waals surface area (Å²) in [6.45, 7) is 3.30. The van der Waals surface area contributed by atoms with E-state index < -0.39 is 17.6 Å². The first-order chi connectivity index (χ1) is 11.0. The van der Waals surface area contributed by atoms with E-state index in [0.29, 0.717) is 10.6 Å². The molecule has 0 atom stereocenters. The molecule has 0 saturated carbocycles. The predicted molar refractivity (Wildman–Crippen MR) is 89.1 cm³/mol. The van der Waals surface area contributed by atoms with E-state index in [1.807, 2.05) is 0 Å². The summed E-state index contributed by atoms with van der Waals surface area (Å²) >= 11 is 5.84. The van der Waals surface area contributed by atoms with Gasteiger partial charge in [0.05, 0.1) is 0 Å². The number of imide groups is 1. The highest BCUT2D eigenvalue weighted by atomic mass is 35.5. The molecule has 3 nitrogen and oxygen atoms in total. The Labute approximate surface area is 138 Å². The van der Waals surface area contributed by atoms with Crippen molar-refractivity contribution in [2.45, 2.75) is 0 Å². The lowest BCUT2D eigenvalue weighted by Gasteiger charge is -2.08. The van der Waals surface area contributed by atoms with Crippen LogP contribution in [-0.2, 0) is 9.59 Å². The van der Waals surface area contributed by atoms with Crippen molar-refractivity contribution in [3.63, 3.8) is 0 Å². The van der Waals surface area contributed by atoms with Crippen molar-refractivity contribution in [2.75, 3.05) is 0 Å². The van der Waals surface area contributed by atoms with Crippen LogP contribution in [0.4, 0.5) is 4.39 Å². The molecular formula is C18H13ClFNO2. The Morgan fingerprint density at radius 2 is 1.65 bits per heavy atom. The van der Waals surface area contributed by atoms with Gasteiger partial charge in [0.2, 0.25) is 5.91 Å². The van der Waals surface area contributed by atoms with E-state index in [9.17, 15) is 14.0 Å². The van der Waals surface area contributed by atoms with Gasteiger partial charge in [-0.15, -0.1) is 0 Å². The summed E-state index contributed by atoms with van der Waals surface area (Å²) < 4.78 is 13.1. The lowest BCUT2D eigenvalue weighted by molar-refractivity contribution is -0.124. The topological polar surface area (TPSA) is 46.2 Å². The average molecular weight is 330 g/mol. The molecule has 5 heteroatoms. The molecule has 0 aliphatic carbocycles. The molecule has 0 aromatic heterocycles. The van der Waals surface area contributed by atoms with Crippen LogP contribution in [0.25, 0.3) is 11.6 Å². The van der Waals surface area contributed by atoms with Crippen LogP contribution >= 0.6 is 11.6 Å².